The first-order valence-electron chi connectivity index (χ1n) is 10.5. The molecular formula is C23H25ClN4O4S. The summed E-state index contributed by atoms with van der Waals surface area (Å²) >= 11 is 7.40. The Labute approximate surface area is 201 Å². The van der Waals surface area contributed by atoms with E-state index in [4.69, 9.17) is 21.1 Å². The van der Waals surface area contributed by atoms with Gasteiger partial charge >= 0.3 is 5.97 Å². The van der Waals surface area contributed by atoms with E-state index in [1.165, 1.54) is 11.8 Å². The molecule has 0 aliphatic carbocycles. The number of carbonyl (C=O) groups excluding carboxylic acids is 2. The first-order valence-corrected chi connectivity index (χ1v) is 11.9. The Morgan fingerprint density at radius 2 is 1.94 bits per heavy atom. The van der Waals surface area contributed by atoms with Crippen molar-refractivity contribution in [2.45, 2.75) is 38.6 Å². The molecule has 0 radical (unpaired) electrons. The number of carbonyl (C=O) groups is 2. The first kappa shape index (κ1) is 24.6. The SMILES string of the molecule is CCCOC(=O)c1cccc(NC(=O)CSc2nnc(COc3ccccc3Cl)n2CC)c1. The van der Waals surface area contributed by atoms with Crippen molar-refractivity contribution < 1.29 is 19.1 Å². The van der Waals surface area contributed by atoms with Gasteiger partial charge in [0.2, 0.25) is 5.91 Å². The Morgan fingerprint density at radius 1 is 1.12 bits per heavy atom. The number of aromatic nitrogens is 3. The third kappa shape index (κ3) is 6.97. The minimum Gasteiger partial charge on any atom is -0.484 e. The van der Waals surface area contributed by atoms with Crippen LogP contribution in [0.1, 0.15) is 36.5 Å². The summed E-state index contributed by atoms with van der Waals surface area (Å²) in [6.07, 6.45) is 0.746. The zero-order chi connectivity index (χ0) is 23.6. The molecule has 10 heteroatoms. The maximum atomic E-state index is 12.4. The second-order valence-electron chi connectivity index (χ2n) is 6.92. The lowest BCUT2D eigenvalue weighted by Gasteiger charge is -2.10. The van der Waals surface area contributed by atoms with E-state index in [1.807, 2.05) is 30.5 Å². The quantitative estimate of drug-likeness (QED) is 0.305. The van der Waals surface area contributed by atoms with Gasteiger partial charge in [-0.3, -0.25) is 4.79 Å². The van der Waals surface area contributed by atoms with Crippen LogP contribution in [-0.4, -0.2) is 39.0 Å². The fraction of sp³-hybridized carbons (Fsp3) is 0.304. The average Bonchev–Trinajstić information content (AvgIpc) is 3.22. The van der Waals surface area contributed by atoms with Gasteiger partial charge < -0.3 is 19.4 Å². The minimum absolute atomic E-state index is 0.133. The van der Waals surface area contributed by atoms with Crippen LogP contribution in [-0.2, 0) is 22.7 Å². The van der Waals surface area contributed by atoms with Gasteiger partial charge in [-0.05, 0) is 43.7 Å². The van der Waals surface area contributed by atoms with Crippen molar-refractivity contribution in [2.75, 3.05) is 17.7 Å². The van der Waals surface area contributed by atoms with Gasteiger partial charge in [-0.1, -0.05) is 48.5 Å². The van der Waals surface area contributed by atoms with Crippen LogP contribution < -0.4 is 10.1 Å². The monoisotopic (exact) mass is 488 g/mol. The molecular weight excluding hydrogens is 464 g/mol. The molecule has 2 aromatic carbocycles. The Kier molecular flexibility index (Phi) is 9.14. The Balaban J connectivity index is 1.56. The van der Waals surface area contributed by atoms with E-state index in [-0.39, 0.29) is 18.3 Å². The Hall–Kier alpha value is -3.04. The highest BCUT2D eigenvalue weighted by Crippen LogP contribution is 2.25. The molecule has 0 atom stereocenters. The lowest BCUT2D eigenvalue weighted by atomic mass is 10.2. The summed E-state index contributed by atoms with van der Waals surface area (Å²) in [5, 5.41) is 12.3. The molecule has 0 unspecified atom stereocenters. The lowest BCUT2D eigenvalue weighted by Crippen LogP contribution is -2.15. The number of rotatable bonds is 11. The van der Waals surface area contributed by atoms with Crippen LogP contribution in [0.25, 0.3) is 0 Å². The molecule has 1 aromatic heterocycles. The standard InChI is InChI=1S/C23H25ClN4O4S/c1-3-12-31-22(30)16-8-7-9-17(13-16)25-21(29)15-33-23-27-26-20(28(23)4-2)14-32-19-11-6-5-10-18(19)24/h5-11,13H,3-4,12,14-15H2,1-2H3,(H,25,29). The van der Waals surface area contributed by atoms with E-state index in [0.29, 0.717) is 46.2 Å². The van der Waals surface area contributed by atoms with E-state index >= 15 is 0 Å². The van der Waals surface area contributed by atoms with Crippen molar-refractivity contribution in [1.29, 1.82) is 0 Å². The molecule has 3 rings (SSSR count). The molecule has 33 heavy (non-hydrogen) atoms. The van der Waals surface area contributed by atoms with E-state index in [2.05, 4.69) is 15.5 Å². The first-order chi connectivity index (χ1) is 16.0. The predicted octanol–water partition coefficient (Wildman–Crippen LogP) is 4.83. The molecule has 174 valence electrons. The van der Waals surface area contributed by atoms with Gasteiger partial charge in [-0.2, -0.15) is 0 Å². The minimum atomic E-state index is -0.412. The van der Waals surface area contributed by atoms with Gasteiger partial charge in [0, 0.05) is 12.2 Å². The van der Waals surface area contributed by atoms with Gasteiger partial charge in [0.25, 0.3) is 0 Å². The van der Waals surface area contributed by atoms with Gasteiger partial charge in [0.1, 0.15) is 12.4 Å². The van der Waals surface area contributed by atoms with Crippen molar-refractivity contribution >= 4 is 40.9 Å². The van der Waals surface area contributed by atoms with E-state index in [1.54, 1.807) is 36.4 Å². The third-order valence-corrected chi connectivity index (χ3v) is 5.73. The molecule has 1 N–H and O–H groups in total. The molecule has 0 bridgehead atoms. The summed E-state index contributed by atoms with van der Waals surface area (Å²) in [5.41, 5.74) is 0.917. The number of ether oxygens (including phenoxy) is 2. The highest BCUT2D eigenvalue weighted by Gasteiger charge is 2.15. The topological polar surface area (TPSA) is 95.3 Å². The molecule has 0 fully saturated rings. The van der Waals surface area contributed by atoms with Crippen LogP contribution in [0.4, 0.5) is 5.69 Å². The second kappa shape index (κ2) is 12.3. The summed E-state index contributed by atoms with van der Waals surface area (Å²) < 4.78 is 12.8. The van der Waals surface area contributed by atoms with E-state index < -0.39 is 5.97 Å². The maximum Gasteiger partial charge on any atom is 0.338 e. The van der Waals surface area contributed by atoms with Crippen molar-refractivity contribution in [2.24, 2.45) is 0 Å². The molecule has 1 amide bonds. The van der Waals surface area contributed by atoms with Gasteiger partial charge in [-0.25, -0.2) is 4.79 Å². The third-order valence-electron chi connectivity index (χ3n) is 4.45. The average molecular weight is 489 g/mol. The number of benzene rings is 2. The number of hydrogen-bond acceptors (Lipinski definition) is 7. The molecule has 0 aliphatic rings. The molecule has 3 aromatic rings. The number of halogens is 1. The number of hydrogen-bond donors (Lipinski definition) is 1. The number of amides is 1. The maximum absolute atomic E-state index is 12.4. The molecule has 8 nitrogen and oxygen atoms in total. The number of anilines is 1. The molecule has 0 saturated heterocycles. The Morgan fingerprint density at radius 3 is 2.70 bits per heavy atom. The molecule has 0 spiro atoms. The van der Waals surface area contributed by atoms with Crippen LogP contribution in [0.3, 0.4) is 0 Å². The fourth-order valence-corrected chi connectivity index (χ4v) is 3.90. The number of esters is 1. The summed E-state index contributed by atoms with van der Waals surface area (Å²) in [4.78, 5) is 24.5. The lowest BCUT2D eigenvalue weighted by molar-refractivity contribution is -0.113. The number of thioether (sulfide) groups is 1. The smallest absolute Gasteiger partial charge is 0.338 e. The number of para-hydroxylation sites is 1. The molecule has 0 aliphatic heterocycles. The zero-order valence-corrected chi connectivity index (χ0v) is 20.0. The van der Waals surface area contributed by atoms with Crippen molar-refractivity contribution in [3.8, 4) is 5.75 Å². The van der Waals surface area contributed by atoms with Crippen LogP contribution in [0.15, 0.2) is 53.7 Å². The fourth-order valence-electron chi connectivity index (χ4n) is 2.88. The normalized spacial score (nSPS) is 10.6. The van der Waals surface area contributed by atoms with Crippen LogP contribution in [0.5, 0.6) is 5.75 Å². The van der Waals surface area contributed by atoms with Gasteiger partial charge in [0.15, 0.2) is 11.0 Å². The van der Waals surface area contributed by atoms with Crippen LogP contribution in [0, 0.1) is 0 Å². The van der Waals surface area contributed by atoms with E-state index in [9.17, 15) is 9.59 Å². The Bertz CT molecular complexity index is 1110. The number of nitrogens with zero attached hydrogens (tertiary/aromatic N) is 3. The van der Waals surface area contributed by atoms with Gasteiger partial charge in [-0.15, -0.1) is 10.2 Å². The zero-order valence-electron chi connectivity index (χ0n) is 18.4. The highest BCUT2D eigenvalue weighted by atomic mass is 35.5. The number of nitrogens with one attached hydrogen (secondary N) is 1. The highest BCUT2D eigenvalue weighted by molar-refractivity contribution is 7.99. The second-order valence-corrected chi connectivity index (χ2v) is 8.27. The van der Waals surface area contributed by atoms with Crippen molar-refractivity contribution in [3.63, 3.8) is 0 Å². The van der Waals surface area contributed by atoms with Crippen molar-refractivity contribution in [1.82, 2.24) is 14.8 Å². The van der Waals surface area contributed by atoms with Crippen LogP contribution in [0.2, 0.25) is 5.02 Å². The van der Waals surface area contributed by atoms with Gasteiger partial charge in [0.05, 0.1) is 22.9 Å². The van der Waals surface area contributed by atoms with E-state index in [0.717, 1.165) is 6.42 Å². The summed E-state index contributed by atoms with van der Waals surface area (Å²) in [5.74, 6) is 0.704. The molecule has 1 heterocycles. The summed E-state index contributed by atoms with van der Waals surface area (Å²) in [6.45, 7) is 5.08. The molecule has 0 saturated carbocycles. The summed E-state index contributed by atoms with van der Waals surface area (Å²) in [6, 6.07) is 13.9. The predicted molar refractivity (Wildman–Crippen MR) is 128 cm³/mol. The largest absolute Gasteiger partial charge is 0.484 e. The summed E-state index contributed by atoms with van der Waals surface area (Å²) in [7, 11) is 0. The van der Waals surface area contributed by atoms with Crippen LogP contribution >= 0.6 is 23.4 Å². The van der Waals surface area contributed by atoms with Crippen molar-refractivity contribution in [3.05, 3.63) is 64.9 Å².